The molecule has 0 saturated heterocycles. The van der Waals surface area contributed by atoms with Crippen LogP contribution in [0.4, 0.5) is 0 Å². The van der Waals surface area contributed by atoms with Gasteiger partial charge in [-0.25, -0.2) is 0 Å². The lowest BCUT2D eigenvalue weighted by Crippen LogP contribution is -2.33. The maximum absolute atomic E-state index is 10.8. The molecule has 1 aromatic rings. The molecule has 2 saturated carbocycles. The van der Waals surface area contributed by atoms with Crippen molar-refractivity contribution in [3.63, 3.8) is 0 Å². The minimum absolute atomic E-state index is 0.535. The normalized spacial score (nSPS) is 34.9. The van der Waals surface area contributed by atoms with Gasteiger partial charge in [0.15, 0.2) is 0 Å². The quantitative estimate of drug-likeness (QED) is 0.802. The van der Waals surface area contributed by atoms with Crippen molar-refractivity contribution >= 4 is 0 Å². The molecule has 1 nitrogen and oxygen atoms in total. The monoisotopic (exact) mass is 216 g/mol. The van der Waals surface area contributed by atoms with Gasteiger partial charge in [0.25, 0.3) is 0 Å². The first-order chi connectivity index (χ1) is 7.78. The van der Waals surface area contributed by atoms with Gasteiger partial charge in [-0.05, 0) is 55.9 Å². The van der Waals surface area contributed by atoms with Crippen LogP contribution in [-0.4, -0.2) is 5.11 Å². The smallest absolute Gasteiger partial charge is 0.0899 e. The fraction of sp³-hybridized carbons (Fsp3) is 0.600. The van der Waals surface area contributed by atoms with Crippen LogP contribution in [0, 0.1) is 11.8 Å². The highest BCUT2D eigenvalue weighted by molar-refractivity contribution is 5.23. The Morgan fingerprint density at radius 2 is 1.75 bits per heavy atom. The van der Waals surface area contributed by atoms with Gasteiger partial charge in [-0.2, -0.15) is 0 Å². The molecule has 3 rings (SSSR count). The number of benzene rings is 1. The summed E-state index contributed by atoms with van der Waals surface area (Å²) in [6.07, 6.45) is 7.25. The van der Waals surface area contributed by atoms with Gasteiger partial charge in [0, 0.05) is 0 Å². The molecule has 2 aliphatic carbocycles. The Bertz CT molecular complexity index is 355. The highest BCUT2D eigenvalue weighted by Crippen LogP contribution is 2.49. The van der Waals surface area contributed by atoms with E-state index in [4.69, 9.17) is 0 Å². The Morgan fingerprint density at radius 1 is 1.00 bits per heavy atom. The zero-order valence-corrected chi connectivity index (χ0v) is 9.73. The van der Waals surface area contributed by atoms with Crippen molar-refractivity contribution in [1.82, 2.24) is 0 Å². The molecule has 16 heavy (non-hydrogen) atoms. The van der Waals surface area contributed by atoms with Gasteiger partial charge in [-0.15, -0.1) is 0 Å². The lowest BCUT2D eigenvalue weighted by Gasteiger charge is -2.37. The van der Waals surface area contributed by atoms with Crippen LogP contribution >= 0.6 is 0 Å². The first-order valence-electron chi connectivity index (χ1n) is 6.56. The van der Waals surface area contributed by atoms with Gasteiger partial charge < -0.3 is 5.11 Å². The summed E-state index contributed by atoms with van der Waals surface area (Å²) < 4.78 is 0. The molecule has 0 spiro atoms. The lowest BCUT2D eigenvalue weighted by atomic mass is 9.73. The van der Waals surface area contributed by atoms with Crippen molar-refractivity contribution in [2.24, 2.45) is 11.8 Å². The summed E-state index contributed by atoms with van der Waals surface area (Å²) in [6.45, 7) is 0. The minimum atomic E-state index is -0.535. The molecule has 1 aromatic carbocycles. The number of hydrogen-bond acceptors (Lipinski definition) is 1. The Kier molecular flexibility index (Phi) is 2.51. The van der Waals surface area contributed by atoms with Crippen molar-refractivity contribution in [2.75, 3.05) is 0 Å². The standard InChI is InChI=1S/C15H20O/c16-15(14-6-2-1-3-7-14)10-4-5-13(11-15)12-8-9-12/h1-3,6-7,12-13,16H,4-5,8-11H2. The van der Waals surface area contributed by atoms with E-state index in [1.165, 1.54) is 25.7 Å². The predicted octanol–water partition coefficient (Wildman–Crippen LogP) is 3.47. The van der Waals surface area contributed by atoms with Gasteiger partial charge in [0.05, 0.1) is 5.60 Å². The third kappa shape index (κ3) is 1.89. The fourth-order valence-electron chi connectivity index (χ4n) is 3.28. The molecule has 0 amide bonds. The van der Waals surface area contributed by atoms with E-state index in [0.717, 1.165) is 30.2 Å². The SMILES string of the molecule is OC1(c2ccccc2)CCCC(C2CC2)C1. The van der Waals surface area contributed by atoms with Crippen molar-refractivity contribution in [3.05, 3.63) is 35.9 Å². The summed E-state index contributed by atoms with van der Waals surface area (Å²) >= 11 is 0. The van der Waals surface area contributed by atoms with Crippen LogP contribution < -0.4 is 0 Å². The lowest BCUT2D eigenvalue weighted by molar-refractivity contribution is -0.0251. The molecule has 2 unspecified atom stereocenters. The van der Waals surface area contributed by atoms with E-state index < -0.39 is 5.60 Å². The van der Waals surface area contributed by atoms with Crippen molar-refractivity contribution in [1.29, 1.82) is 0 Å². The van der Waals surface area contributed by atoms with Crippen LogP contribution in [-0.2, 0) is 5.60 Å². The Balaban J connectivity index is 1.81. The summed E-state index contributed by atoms with van der Waals surface area (Å²) in [7, 11) is 0. The molecule has 1 heteroatoms. The van der Waals surface area contributed by atoms with E-state index in [9.17, 15) is 5.11 Å². The van der Waals surface area contributed by atoms with Gasteiger partial charge in [-0.1, -0.05) is 30.3 Å². The average molecular weight is 216 g/mol. The molecule has 0 bridgehead atoms. The van der Waals surface area contributed by atoms with Gasteiger partial charge in [0.1, 0.15) is 0 Å². The van der Waals surface area contributed by atoms with Crippen LogP contribution in [0.2, 0.25) is 0 Å². The third-order valence-corrected chi connectivity index (χ3v) is 4.36. The first-order valence-corrected chi connectivity index (χ1v) is 6.56. The van der Waals surface area contributed by atoms with Gasteiger partial charge in [-0.3, -0.25) is 0 Å². The second-order valence-electron chi connectivity index (χ2n) is 5.59. The zero-order valence-electron chi connectivity index (χ0n) is 9.73. The number of aliphatic hydroxyl groups is 1. The van der Waals surface area contributed by atoms with Crippen LogP contribution in [0.25, 0.3) is 0 Å². The maximum Gasteiger partial charge on any atom is 0.0899 e. The van der Waals surface area contributed by atoms with E-state index in [1.54, 1.807) is 0 Å². The summed E-state index contributed by atoms with van der Waals surface area (Å²) in [4.78, 5) is 0. The molecular weight excluding hydrogens is 196 g/mol. The number of hydrogen-bond donors (Lipinski definition) is 1. The highest BCUT2D eigenvalue weighted by Gasteiger charge is 2.41. The van der Waals surface area contributed by atoms with Crippen LogP contribution in [0.15, 0.2) is 30.3 Å². The second kappa shape index (κ2) is 3.89. The van der Waals surface area contributed by atoms with Crippen molar-refractivity contribution in [2.45, 2.75) is 44.1 Å². The zero-order chi connectivity index (χ0) is 11.0. The number of rotatable bonds is 2. The van der Waals surface area contributed by atoms with E-state index in [2.05, 4.69) is 12.1 Å². The van der Waals surface area contributed by atoms with Crippen LogP contribution in [0.1, 0.15) is 44.1 Å². The molecule has 2 aliphatic rings. The molecule has 0 radical (unpaired) electrons. The summed E-state index contributed by atoms with van der Waals surface area (Å²) in [5.41, 5.74) is 0.590. The highest BCUT2D eigenvalue weighted by atomic mass is 16.3. The molecule has 0 aliphatic heterocycles. The molecule has 86 valence electrons. The summed E-state index contributed by atoms with van der Waals surface area (Å²) in [5, 5.41) is 10.8. The van der Waals surface area contributed by atoms with E-state index in [1.807, 2.05) is 18.2 Å². The van der Waals surface area contributed by atoms with Gasteiger partial charge in [0.2, 0.25) is 0 Å². The fourth-order valence-corrected chi connectivity index (χ4v) is 3.28. The average Bonchev–Trinajstić information content (AvgIpc) is 3.14. The molecule has 1 N–H and O–H groups in total. The molecule has 2 atom stereocenters. The molecule has 0 aromatic heterocycles. The minimum Gasteiger partial charge on any atom is -0.385 e. The van der Waals surface area contributed by atoms with E-state index in [-0.39, 0.29) is 0 Å². The van der Waals surface area contributed by atoms with E-state index in [0.29, 0.717) is 0 Å². The third-order valence-electron chi connectivity index (χ3n) is 4.36. The molecular formula is C15H20O. The summed E-state index contributed by atoms with van der Waals surface area (Å²) in [6, 6.07) is 10.3. The van der Waals surface area contributed by atoms with Crippen molar-refractivity contribution < 1.29 is 5.11 Å². The summed E-state index contributed by atoms with van der Waals surface area (Å²) in [5.74, 6) is 1.70. The predicted molar refractivity (Wildman–Crippen MR) is 65.0 cm³/mol. The van der Waals surface area contributed by atoms with E-state index >= 15 is 0 Å². The Morgan fingerprint density at radius 3 is 2.44 bits per heavy atom. The van der Waals surface area contributed by atoms with Crippen molar-refractivity contribution in [3.8, 4) is 0 Å². The maximum atomic E-state index is 10.8. The molecule has 0 heterocycles. The first kappa shape index (κ1) is 10.3. The largest absolute Gasteiger partial charge is 0.385 e. The van der Waals surface area contributed by atoms with Crippen LogP contribution in [0.5, 0.6) is 0 Å². The topological polar surface area (TPSA) is 20.2 Å². The Hall–Kier alpha value is -0.820. The molecule has 2 fully saturated rings. The Labute approximate surface area is 97.5 Å². The van der Waals surface area contributed by atoms with Gasteiger partial charge >= 0.3 is 0 Å². The second-order valence-corrected chi connectivity index (χ2v) is 5.59. The van der Waals surface area contributed by atoms with Crippen LogP contribution in [0.3, 0.4) is 0 Å².